The Hall–Kier alpha value is -1.06. The first-order valence-electron chi connectivity index (χ1n) is 7.03. The minimum absolute atomic E-state index is 0.262. The van der Waals surface area contributed by atoms with Crippen molar-refractivity contribution in [2.75, 3.05) is 33.0 Å². The van der Waals surface area contributed by atoms with Gasteiger partial charge in [-0.1, -0.05) is 24.6 Å². The lowest BCUT2D eigenvalue weighted by atomic mass is 9.90. The molecule has 1 saturated heterocycles. The minimum Gasteiger partial charge on any atom is -0.494 e. The molecule has 0 unspecified atom stereocenters. The number of hydrogen-bond acceptors (Lipinski definition) is 3. The lowest BCUT2D eigenvalue weighted by molar-refractivity contribution is -0.138. The number of ether oxygens (including phenoxy) is 3. The van der Waals surface area contributed by atoms with Gasteiger partial charge in [0.15, 0.2) is 0 Å². The van der Waals surface area contributed by atoms with Crippen molar-refractivity contribution in [3.05, 3.63) is 29.8 Å². The summed E-state index contributed by atoms with van der Waals surface area (Å²) in [6.07, 6.45) is 2.07. The maximum absolute atomic E-state index is 5.67. The van der Waals surface area contributed by atoms with Crippen LogP contribution in [-0.2, 0) is 9.47 Å². The van der Waals surface area contributed by atoms with E-state index in [4.69, 9.17) is 14.2 Å². The molecule has 0 aromatic heterocycles. The Labute approximate surface area is 115 Å². The molecule has 106 valence electrons. The standard InChI is InChI=1S/C16H24O3/c1-14-5-7-15(8-6-14)19-10-4-3-9-17-11-16(2)12-18-13-16/h5-8H,3-4,9-13H2,1-2H3. The van der Waals surface area contributed by atoms with Crippen molar-refractivity contribution in [2.45, 2.75) is 26.7 Å². The molecule has 1 aliphatic heterocycles. The molecule has 0 aliphatic carbocycles. The molecular formula is C16H24O3. The number of rotatable bonds is 8. The van der Waals surface area contributed by atoms with Gasteiger partial charge in [0.2, 0.25) is 0 Å². The monoisotopic (exact) mass is 264 g/mol. The number of aryl methyl sites for hydroxylation is 1. The fraction of sp³-hybridized carbons (Fsp3) is 0.625. The van der Waals surface area contributed by atoms with Gasteiger partial charge in [0.05, 0.1) is 26.4 Å². The highest BCUT2D eigenvalue weighted by atomic mass is 16.5. The maximum atomic E-state index is 5.67. The first-order chi connectivity index (χ1) is 9.18. The molecule has 1 aromatic rings. The van der Waals surface area contributed by atoms with Crippen molar-refractivity contribution in [3.8, 4) is 5.75 Å². The van der Waals surface area contributed by atoms with E-state index in [1.54, 1.807) is 0 Å². The van der Waals surface area contributed by atoms with E-state index in [2.05, 4.69) is 26.0 Å². The predicted octanol–water partition coefficient (Wildman–Crippen LogP) is 3.21. The van der Waals surface area contributed by atoms with Crippen molar-refractivity contribution in [1.82, 2.24) is 0 Å². The summed E-state index contributed by atoms with van der Waals surface area (Å²) in [5.41, 5.74) is 1.52. The highest BCUT2D eigenvalue weighted by Crippen LogP contribution is 2.26. The maximum Gasteiger partial charge on any atom is 0.119 e. The van der Waals surface area contributed by atoms with E-state index in [9.17, 15) is 0 Å². The Kier molecular flexibility index (Phi) is 5.23. The van der Waals surface area contributed by atoms with Crippen molar-refractivity contribution in [1.29, 1.82) is 0 Å². The van der Waals surface area contributed by atoms with Crippen LogP contribution in [0.4, 0.5) is 0 Å². The van der Waals surface area contributed by atoms with Crippen molar-refractivity contribution >= 4 is 0 Å². The molecule has 1 aliphatic rings. The van der Waals surface area contributed by atoms with Gasteiger partial charge in [-0.3, -0.25) is 0 Å². The third-order valence-electron chi connectivity index (χ3n) is 3.32. The Morgan fingerprint density at radius 3 is 2.42 bits per heavy atom. The van der Waals surface area contributed by atoms with E-state index in [-0.39, 0.29) is 5.41 Å². The van der Waals surface area contributed by atoms with Crippen molar-refractivity contribution in [3.63, 3.8) is 0 Å². The fourth-order valence-electron chi connectivity index (χ4n) is 1.98. The second-order valence-electron chi connectivity index (χ2n) is 5.72. The molecule has 0 radical (unpaired) electrons. The molecule has 0 N–H and O–H groups in total. The van der Waals surface area contributed by atoms with E-state index in [1.165, 1.54) is 5.56 Å². The van der Waals surface area contributed by atoms with Crippen LogP contribution >= 0.6 is 0 Å². The van der Waals surface area contributed by atoms with Gasteiger partial charge in [0.1, 0.15) is 5.75 Å². The van der Waals surface area contributed by atoms with E-state index in [0.29, 0.717) is 0 Å². The van der Waals surface area contributed by atoms with Crippen LogP contribution in [0.25, 0.3) is 0 Å². The van der Waals surface area contributed by atoms with Gasteiger partial charge in [0, 0.05) is 12.0 Å². The number of benzene rings is 1. The highest BCUT2D eigenvalue weighted by molar-refractivity contribution is 5.26. The SMILES string of the molecule is Cc1ccc(OCCCCOCC2(C)COC2)cc1. The fourth-order valence-corrected chi connectivity index (χ4v) is 1.98. The molecule has 0 spiro atoms. The zero-order valence-corrected chi connectivity index (χ0v) is 12.0. The number of hydrogen-bond donors (Lipinski definition) is 0. The number of unbranched alkanes of at least 4 members (excludes halogenated alkanes) is 1. The highest BCUT2D eigenvalue weighted by Gasteiger charge is 2.33. The summed E-state index contributed by atoms with van der Waals surface area (Å²) in [4.78, 5) is 0. The van der Waals surface area contributed by atoms with Gasteiger partial charge in [-0.2, -0.15) is 0 Å². The molecule has 1 heterocycles. The Morgan fingerprint density at radius 1 is 1.11 bits per heavy atom. The minimum atomic E-state index is 0.262. The molecular weight excluding hydrogens is 240 g/mol. The smallest absolute Gasteiger partial charge is 0.119 e. The van der Waals surface area contributed by atoms with Crippen LogP contribution in [0.2, 0.25) is 0 Å². The first kappa shape index (κ1) is 14.4. The van der Waals surface area contributed by atoms with Crippen LogP contribution < -0.4 is 4.74 Å². The Morgan fingerprint density at radius 2 is 1.79 bits per heavy atom. The van der Waals surface area contributed by atoms with Gasteiger partial charge >= 0.3 is 0 Å². The van der Waals surface area contributed by atoms with E-state index in [0.717, 1.165) is 51.6 Å². The van der Waals surface area contributed by atoms with Crippen LogP contribution in [0, 0.1) is 12.3 Å². The van der Waals surface area contributed by atoms with Gasteiger partial charge in [-0.25, -0.2) is 0 Å². The van der Waals surface area contributed by atoms with Crippen LogP contribution in [-0.4, -0.2) is 33.0 Å². The van der Waals surface area contributed by atoms with Crippen molar-refractivity contribution in [2.24, 2.45) is 5.41 Å². The third kappa shape index (κ3) is 4.84. The van der Waals surface area contributed by atoms with Gasteiger partial charge < -0.3 is 14.2 Å². The topological polar surface area (TPSA) is 27.7 Å². The molecule has 0 saturated carbocycles. The summed E-state index contributed by atoms with van der Waals surface area (Å²) in [5.74, 6) is 0.950. The van der Waals surface area contributed by atoms with Gasteiger partial charge in [0.25, 0.3) is 0 Å². The molecule has 0 atom stereocenters. The summed E-state index contributed by atoms with van der Waals surface area (Å²) >= 11 is 0. The summed E-state index contributed by atoms with van der Waals surface area (Å²) in [7, 11) is 0. The first-order valence-corrected chi connectivity index (χ1v) is 7.03. The zero-order valence-electron chi connectivity index (χ0n) is 12.0. The zero-order chi connectivity index (χ0) is 13.6. The average Bonchev–Trinajstić information content (AvgIpc) is 2.38. The second kappa shape index (κ2) is 6.92. The normalized spacial score (nSPS) is 16.9. The van der Waals surface area contributed by atoms with E-state index >= 15 is 0 Å². The van der Waals surface area contributed by atoms with Gasteiger partial charge in [-0.15, -0.1) is 0 Å². The van der Waals surface area contributed by atoms with Crippen LogP contribution in [0.3, 0.4) is 0 Å². The molecule has 0 bridgehead atoms. The van der Waals surface area contributed by atoms with E-state index in [1.807, 2.05) is 12.1 Å². The average molecular weight is 264 g/mol. The summed E-state index contributed by atoms with van der Waals surface area (Å²) in [6.45, 7) is 8.34. The van der Waals surface area contributed by atoms with Crippen LogP contribution in [0.1, 0.15) is 25.3 Å². The van der Waals surface area contributed by atoms with Gasteiger partial charge in [-0.05, 0) is 31.9 Å². The Bertz CT molecular complexity index is 368. The summed E-state index contributed by atoms with van der Waals surface area (Å²) < 4.78 is 16.5. The van der Waals surface area contributed by atoms with Crippen LogP contribution in [0.5, 0.6) is 5.75 Å². The molecule has 1 aromatic carbocycles. The molecule has 1 fully saturated rings. The largest absolute Gasteiger partial charge is 0.494 e. The molecule has 3 nitrogen and oxygen atoms in total. The predicted molar refractivity (Wildman–Crippen MR) is 75.7 cm³/mol. The molecule has 19 heavy (non-hydrogen) atoms. The van der Waals surface area contributed by atoms with Crippen molar-refractivity contribution < 1.29 is 14.2 Å². The molecule has 2 rings (SSSR count). The third-order valence-corrected chi connectivity index (χ3v) is 3.32. The molecule has 0 amide bonds. The quantitative estimate of drug-likeness (QED) is 0.675. The second-order valence-corrected chi connectivity index (χ2v) is 5.72. The summed E-state index contributed by atoms with van der Waals surface area (Å²) in [5, 5.41) is 0. The lowest BCUT2D eigenvalue weighted by Crippen LogP contribution is -2.43. The summed E-state index contributed by atoms with van der Waals surface area (Å²) in [6, 6.07) is 8.17. The lowest BCUT2D eigenvalue weighted by Gasteiger charge is -2.37. The van der Waals surface area contributed by atoms with E-state index < -0.39 is 0 Å². The molecule has 3 heteroatoms. The Balaban J connectivity index is 1.47. The van der Waals surface area contributed by atoms with Crippen LogP contribution in [0.15, 0.2) is 24.3 Å².